The van der Waals surface area contributed by atoms with Crippen molar-refractivity contribution in [3.05, 3.63) is 29.3 Å². The Labute approximate surface area is 118 Å². The Kier molecular flexibility index (Phi) is 4.02. The number of benzene rings is 1. The molecule has 1 amide bonds. The first kappa shape index (κ1) is 14.0. The molecular formula is C14H19N5O. The number of rotatable bonds is 3. The van der Waals surface area contributed by atoms with Crippen molar-refractivity contribution in [1.82, 2.24) is 4.90 Å². The van der Waals surface area contributed by atoms with Gasteiger partial charge in [-0.05, 0) is 24.6 Å². The van der Waals surface area contributed by atoms with Gasteiger partial charge in [0.25, 0.3) is 0 Å². The van der Waals surface area contributed by atoms with Gasteiger partial charge in [-0.3, -0.25) is 14.7 Å². The quantitative estimate of drug-likeness (QED) is 0.633. The fourth-order valence-corrected chi connectivity index (χ4v) is 2.02. The predicted molar refractivity (Wildman–Crippen MR) is 80.7 cm³/mol. The van der Waals surface area contributed by atoms with Crippen molar-refractivity contribution < 1.29 is 4.79 Å². The van der Waals surface area contributed by atoms with E-state index in [1.54, 1.807) is 19.3 Å². The molecule has 1 unspecified atom stereocenters. The van der Waals surface area contributed by atoms with Crippen LogP contribution < -0.4 is 11.5 Å². The van der Waals surface area contributed by atoms with Crippen LogP contribution in [0.5, 0.6) is 0 Å². The van der Waals surface area contributed by atoms with E-state index in [1.165, 1.54) is 4.90 Å². The number of guanidine groups is 1. The molecule has 1 aliphatic heterocycles. The normalized spacial score (nSPS) is 19.5. The van der Waals surface area contributed by atoms with Crippen molar-refractivity contribution in [3.63, 3.8) is 0 Å². The Morgan fingerprint density at radius 2 is 2.25 bits per heavy atom. The number of hydrogen-bond donors (Lipinski definition) is 2. The third-order valence-corrected chi connectivity index (χ3v) is 3.28. The molecule has 6 nitrogen and oxygen atoms in total. The minimum atomic E-state index is -0.256. The lowest BCUT2D eigenvalue weighted by Gasteiger charge is -2.25. The van der Waals surface area contributed by atoms with Crippen LogP contribution in [0.3, 0.4) is 0 Å². The van der Waals surface area contributed by atoms with Gasteiger partial charge in [0.1, 0.15) is 0 Å². The van der Waals surface area contributed by atoms with Gasteiger partial charge in [-0.2, -0.15) is 0 Å². The Morgan fingerprint density at radius 3 is 2.90 bits per heavy atom. The Hall–Kier alpha value is -2.37. The van der Waals surface area contributed by atoms with Crippen molar-refractivity contribution in [2.45, 2.75) is 19.4 Å². The van der Waals surface area contributed by atoms with Crippen molar-refractivity contribution in [2.24, 2.45) is 15.7 Å². The zero-order chi connectivity index (χ0) is 14.7. The van der Waals surface area contributed by atoms with E-state index in [0.717, 1.165) is 11.1 Å². The molecule has 4 N–H and O–H groups in total. The maximum atomic E-state index is 11.8. The standard InChI is InChI=1S/C14H19N5O/c1-3-17-8-10-6-9(4-5-11(10)15)12-7-13(20)19(2)14(16)18-12/h4-6,8,12H,3,7,15H2,1-2H3,(H2,16,18). The smallest absolute Gasteiger partial charge is 0.231 e. The summed E-state index contributed by atoms with van der Waals surface area (Å²) < 4.78 is 0. The highest BCUT2D eigenvalue weighted by atomic mass is 16.2. The lowest BCUT2D eigenvalue weighted by atomic mass is 9.99. The predicted octanol–water partition coefficient (Wildman–Crippen LogP) is 0.925. The van der Waals surface area contributed by atoms with E-state index in [1.807, 2.05) is 19.1 Å². The molecule has 0 fully saturated rings. The maximum absolute atomic E-state index is 11.8. The van der Waals surface area contributed by atoms with Gasteiger partial charge in [-0.15, -0.1) is 0 Å². The monoisotopic (exact) mass is 273 g/mol. The lowest BCUT2D eigenvalue weighted by molar-refractivity contribution is -0.127. The second kappa shape index (κ2) is 5.73. The van der Waals surface area contributed by atoms with Crippen LogP contribution >= 0.6 is 0 Å². The van der Waals surface area contributed by atoms with E-state index in [4.69, 9.17) is 11.5 Å². The molecule has 0 bridgehead atoms. The number of carbonyl (C=O) groups excluding carboxylic acids is 1. The molecule has 1 heterocycles. The third-order valence-electron chi connectivity index (χ3n) is 3.28. The third kappa shape index (κ3) is 2.79. The number of nitrogens with two attached hydrogens (primary N) is 2. The van der Waals surface area contributed by atoms with Gasteiger partial charge in [0.2, 0.25) is 5.91 Å². The molecule has 0 saturated heterocycles. The van der Waals surface area contributed by atoms with E-state index in [9.17, 15) is 4.79 Å². The molecule has 0 spiro atoms. The zero-order valence-corrected chi connectivity index (χ0v) is 11.7. The molecule has 0 saturated carbocycles. The number of anilines is 1. The summed E-state index contributed by atoms with van der Waals surface area (Å²) in [5.74, 6) is 0.204. The van der Waals surface area contributed by atoms with Crippen molar-refractivity contribution in [3.8, 4) is 0 Å². The van der Waals surface area contributed by atoms with Crippen LogP contribution in [0.2, 0.25) is 0 Å². The average Bonchev–Trinajstić information content (AvgIpc) is 2.43. The Morgan fingerprint density at radius 1 is 1.50 bits per heavy atom. The molecule has 106 valence electrons. The first-order valence-corrected chi connectivity index (χ1v) is 6.52. The van der Waals surface area contributed by atoms with Gasteiger partial charge < -0.3 is 11.5 Å². The fraction of sp³-hybridized carbons (Fsp3) is 0.357. The van der Waals surface area contributed by atoms with Crippen molar-refractivity contribution in [2.75, 3.05) is 19.3 Å². The summed E-state index contributed by atoms with van der Waals surface area (Å²) in [5.41, 5.74) is 14.1. The fourth-order valence-electron chi connectivity index (χ4n) is 2.02. The number of aliphatic imine (C=N–C) groups is 2. The molecule has 0 radical (unpaired) electrons. The first-order chi connectivity index (χ1) is 9.52. The van der Waals surface area contributed by atoms with Crippen molar-refractivity contribution in [1.29, 1.82) is 0 Å². The zero-order valence-electron chi connectivity index (χ0n) is 11.7. The Balaban J connectivity index is 2.34. The summed E-state index contributed by atoms with van der Waals surface area (Å²) in [6.07, 6.45) is 2.05. The summed E-state index contributed by atoms with van der Waals surface area (Å²) in [4.78, 5) is 21.7. The van der Waals surface area contributed by atoms with Crippen LogP contribution in [-0.4, -0.2) is 36.6 Å². The summed E-state index contributed by atoms with van der Waals surface area (Å²) in [7, 11) is 1.62. The van der Waals surface area contributed by atoms with Crippen LogP contribution in [0.4, 0.5) is 5.69 Å². The van der Waals surface area contributed by atoms with Gasteiger partial charge in [-0.25, -0.2) is 4.99 Å². The van der Waals surface area contributed by atoms with E-state index >= 15 is 0 Å². The molecule has 2 rings (SSSR count). The molecule has 1 aromatic rings. The summed E-state index contributed by atoms with van der Waals surface area (Å²) in [6, 6.07) is 5.33. The molecular weight excluding hydrogens is 254 g/mol. The van der Waals surface area contributed by atoms with Crippen LogP contribution in [-0.2, 0) is 4.79 Å². The minimum absolute atomic E-state index is 0.0388. The number of nitrogen functional groups attached to an aromatic ring is 1. The van der Waals surface area contributed by atoms with E-state index in [0.29, 0.717) is 18.7 Å². The SMILES string of the molecule is CCN=Cc1cc(C2CC(=O)N(C)C(N)=N2)ccc1N. The van der Waals surface area contributed by atoms with Crippen molar-refractivity contribution >= 4 is 23.8 Å². The molecule has 20 heavy (non-hydrogen) atoms. The van der Waals surface area contributed by atoms with E-state index in [2.05, 4.69) is 9.98 Å². The largest absolute Gasteiger partial charge is 0.398 e. The molecule has 0 aromatic heterocycles. The summed E-state index contributed by atoms with van der Waals surface area (Å²) in [6.45, 7) is 2.65. The highest BCUT2D eigenvalue weighted by Gasteiger charge is 2.25. The van der Waals surface area contributed by atoms with Gasteiger partial charge in [0.05, 0.1) is 12.5 Å². The minimum Gasteiger partial charge on any atom is -0.398 e. The first-order valence-electron chi connectivity index (χ1n) is 6.52. The lowest BCUT2D eigenvalue weighted by Crippen LogP contribution is -2.42. The number of hydrogen-bond acceptors (Lipinski definition) is 5. The van der Waals surface area contributed by atoms with Gasteiger partial charge in [0.15, 0.2) is 5.96 Å². The van der Waals surface area contributed by atoms with Crippen LogP contribution in [0.1, 0.15) is 30.5 Å². The molecule has 1 atom stereocenters. The summed E-state index contributed by atoms with van der Waals surface area (Å²) in [5, 5.41) is 0. The topological polar surface area (TPSA) is 97.1 Å². The van der Waals surface area contributed by atoms with Crippen LogP contribution in [0.25, 0.3) is 0 Å². The molecule has 0 aliphatic carbocycles. The van der Waals surface area contributed by atoms with Crippen LogP contribution in [0.15, 0.2) is 28.2 Å². The van der Waals surface area contributed by atoms with E-state index in [-0.39, 0.29) is 17.9 Å². The molecule has 1 aliphatic rings. The average molecular weight is 273 g/mol. The number of amides is 1. The van der Waals surface area contributed by atoms with Gasteiger partial charge in [-0.1, -0.05) is 6.07 Å². The van der Waals surface area contributed by atoms with Gasteiger partial charge in [0, 0.05) is 31.1 Å². The van der Waals surface area contributed by atoms with Gasteiger partial charge >= 0.3 is 0 Å². The van der Waals surface area contributed by atoms with E-state index < -0.39 is 0 Å². The summed E-state index contributed by atoms with van der Waals surface area (Å²) >= 11 is 0. The Bertz CT molecular complexity index is 579. The number of carbonyl (C=O) groups is 1. The second-order valence-electron chi connectivity index (χ2n) is 4.68. The van der Waals surface area contributed by atoms with Crippen LogP contribution in [0, 0.1) is 0 Å². The molecule has 6 heteroatoms. The highest BCUT2D eigenvalue weighted by Crippen LogP contribution is 2.27. The molecule has 1 aromatic carbocycles. The maximum Gasteiger partial charge on any atom is 0.231 e. The highest BCUT2D eigenvalue weighted by molar-refractivity contribution is 5.98. The number of nitrogens with zero attached hydrogens (tertiary/aromatic N) is 3. The second-order valence-corrected chi connectivity index (χ2v) is 4.68.